The summed E-state index contributed by atoms with van der Waals surface area (Å²) in [6.07, 6.45) is 12.7. The van der Waals surface area contributed by atoms with Crippen LogP contribution in [0, 0.1) is 17.8 Å². The van der Waals surface area contributed by atoms with Crippen LogP contribution in [0.15, 0.2) is 0 Å². The average molecular weight is 237 g/mol. The molecule has 2 heteroatoms. The van der Waals surface area contributed by atoms with Gasteiger partial charge in [-0.1, -0.05) is 12.8 Å². The SMILES string of the molecule is NC(CCCC1CCCO1)C1C2CCCCC21. The summed E-state index contributed by atoms with van der Waals surface area (Å²) < 4.78 is 5.66. The Bertz CT molecular complexity index is 237. The van der Waals surface area contributed by atoms with Gasteiger partial charge in [0.25, 0.3) is 0 Å². The van der Waals surface area contributed by atoms with E-state index in [1.54, 1.807) is 0 Å². The van der Waals surface area contributed by atoms with E-state index >= 15 is 0 Å². The van der Waals surface area contributed by atoms with Crippen LogP contribution in [0.2, 0.25) is 0 Å². The van der Waals surface area contributed by atoms with Crippen LogP contribution in [0.5, 0.6) is 0 Å². The van der Waals surface area contributed by atoms with Crippen molar-refractivity contribution < 1.29 is 4.74 Å². The van der Waals surface area contributed by atoms with E-state index in [9.17, 15) is 0 Å². The molecule has 1 aliphatic heterocycles. The Morgan fingerprint density at radius 3 is 2.47 bits per heavy atom. The van der Waals surface area contributed by atoms with E-state index in [0.717, 1.165) is 24.4 Å². The zero-order chi connectivity index (χ0) is 11.7. The van der Waals surface area contributed by atoms with E-state index in [2.05, 4.69) is 0 Å². The molecule has 0 amide bonds. The van der Waals surface area contributed by atoms with E-state index in [0.29, 0.717) is 12.1 Å². The largest absolute Gasteiger partial charge is 0.378 e. The number of hydrogen-bond donors (Lipinski definition) is 1. The predicted octanol–water partition coefficient (Wildman–Crippen LogP) is 3.10. The van der Waals surface area contributed by atoms with E-state index < -0.39 is 0 Å². The maximum absolute atomic E-state index is 6.38. The normalized spacial score (nSPS) is 42.2. The molecule has 0 radical (unpaired) electrons. The molecule has 2 N–H and O–H groups in total. The minimum atomic E-state index is 0.490. The molecule has 1 saturated heterocycles. The van der Waals surface area contributed by atoms with Crippen LogP contribution in [-0.2, 0) is 4.74 Å². The van der Waals surface area contributed by atoms with Crippen molar-refractivity contribution in [3.63, 3.8) is 0 Å². The molecule has 0 bridgehead atoms. The second-order valence-electron chi connectivity index (χ2n) is 6.42. The molecule has 2 nitrogen and oxygen atoms in total. The van der Waals surface area contributed by atoms with E-state index in [-0.39, 0.29) is 0 Å². The van der Waals surface area contributed by atoms with Gasteiger partial charge in [-0.3, -0.25) is 0 Å². The van der Waals surface area contributed by atoms with Crippen LogP contribution in [0.4, 0.5) is 0 Å². The lowest BCUT2D eigenvalue weighted by Gasteiger charge is -2.13. The molecule has 3 rings (SSSR count). The zero-order valence-electron chi connectivity index (χ0n) is 10.9. The van der Waals surface area contributed by atoms with Crippen molar-refractivity contribution in [2.75, 3.05) is 6.61 Å². The smallest absolute Gasteiger partial charge is 0.0576 e. The summed E-state index contributed by atoms with van der Waals surface area (Å²) >= 11 is 0. The molecule has 0 aromatic heterocycles. The van der Waals surface area contributed by atoms with Gasteiger partial charge in [-0.05, 0) is 62.7 Å². The fourth-order valence-electron chi connectivity index (χ4n) is 4.33. The Morgan fingerprint density at radius 1 is 1.06 bits per heavy atom. The maximum Gasteiger partial charge on any atom is 0.0576 e. The van der Waals surface area contributed by atoms with Crippen molar-refractivity contribution in [1.29, 1.82) is 0 Å². The van der Waals surface area contributed by atoms with Gasteiger partial charge in [0.05, 0.1) is 6.10 Å². The molecular formula is C15H27NO. The first-order valence-electron chi connectivity index (χ1n) is 7.73. The second kappa shape index (κ2) is 5.27. The van der Waals surface area contributed by atoms with Gasteiger partial charge in [-0.15, -0.1) is 0 Å². The van der Waals surface area contributed by atoms with Crippen LogP contribution >= 0.6 is 0 Å². The summed E-state index contributed by atoms with van der Waals surface area (Å²) in [7, 11) is 0. The van der Waals surface area contributed by atoms with Gasteiger partial charge in [-0.2, -0.15) is 0 Å². The van der Waals surface area contributed by atoms with Crippen molar-refractivity contribution in [2.45, 2.75) is 69.9 Å². The van der Waals surface area contributed by atoms with Crippen LogP contribution in [0.1, 0.15) is 57.8 Å². The lowest BCUT2D eigenvalue weighted by Crippen LogP contribution is -2.24. The van der Waals surface area contributed by atoms with Crippen LogP contribution in [0.3, 0.4) is 0 Å². The third-order valence-corrected chi connectivity index (χ3v) is 5.30. The molecule has 4 atom stereocenters. The first-order valence-corrected chi connectivity index (χ1v) is 7.73. The topological polar surface area (TPSA) is 35.2 Å². The quantitative estimate of drug-likeness (QED) is 0.797. The molecule has 0 spiro atoms. The third kappa shape index (κ3) is 2.68. The Labute approximate surface area is 105 Å². The monoisotopic (exact) mass is 237 g/mol. The van der Waals surface area contributed by atoms with Gasteiger partial charge in [0.15, 0.2) is 0 Å². The highest BCUT2D eigenvalue weighted by Gasteiger charge is 2.52. The molecule has 0 aromatic carbocycles. The number of fused-ring (bicyclic) bond motifs is 1. The third-order valence-electron chi connectivity index (χ3n) is 5.30. The second-order valence-corrected chi connectivity index (χ2v) is 6.42. The predicted molar refractivity (Wildman–Crippen MR) is 69.7 cm³/mol. The molecule has 2 aliphatic carbocycles. The van der Waals surface area contributed by atoms with Crippen LogP contribution in [0.25, 0.3) is 0 Å². The highest BCUT2D eigenvalue weighted by atomic mass is 16.5. The lowest BCUT2D eigenvalue weighted by molar-refractivity contribution is 0.101. The van der Waals surface area contributed by atoms with Crippen molar-refractivity contribution in [1.82, 2.24) is 0 Å². The number of rotatable bonds is 5. The summed E-state index contributed by atoms with van der Waals surface area (Å²) in [6, 6.07) is 0.490. The minimum absolute atomic E-state index is 0.490. The fraction of sp³-hybridized carbons (Fsp3) is 1.00. The molecular weight excluding hydrogens is 210 g/mol. The number of hydrogen-bond acceptors (Lipinski definition) is 2. The Balaban J connectivity index is 1.34. The highest BCUT2D eigenvalue weighted by Crippen LogP contribution is 2.57. The highest BCUT2D eigenvalue weighted by molar-refractivity contribution is 5.03. The van der Waals surface area contributed by atoms with Crippen molar-refractivity contribution in [3.05, 3.63) is 0 Å². The van der Waals surface area contributed by atoms with Gasteiger partial charge in [0.2, 0.25) is 0 Å². The molecule has 17 heavy (non-hydrogen) atoms. The zero-order valence-corrected chi connectivity index (χ0v) is 10.9. The summed E-state index contributed by atoms with van der Waals surface area (Å²) in [5, 5.41) is 0. The molecule has 3 fully saturated rings. The first-order chi connectivity index (χ1) is 8.36. The molecule has 2 saturated carbocycles. The van der Waals surface area contributed by atoms with E-state index in [4.69, 9.17) is 10.5 Å². The molecule has 0 aromatic rings. The molecule has 98 valence electrons. The van der Waals surface area contributed by atoms with Gasteiger partial charge >= 0.3 is 0 Å². The minimum Gasteiger partial charge on any atom is -0.378 e. The van der Waals surface area contributed by atoms with Gasteiger partial charge < -0.3 is 10.5 Å². The molecule has 4 unspecified atom stereocenters. The molecule has 3 aliphatic rings. The van der Waals surface area contributed by atoms with Crippen LogP contribution < -0.4 is 5.73 Å². The summed E-state index contributed by atoms with van der Waals surface area (Å²) in [5.41, 5.74) is 6.38. The van der Waals surface area contributed by atoms with Crippen molar-refractivity contribution in [2.24, 2.45) is 23.5 Å². The van der Waals surface area contributed by atoms with Crippen molar-refractivity contribution >= 4 is 0 Å². The van der Waals surface area contributed by atoms with Gasteiger partial charge in [0, 0.05) is 12.6 Å². The maximum atomic E-state index is 6.38. The number of ether oxygens (including phenoxy) is 1. The fourth-order valence-corrected chi connectivity index (χ4v) is 4.33. The van der Waals surface area contributed by atoms with E-state index in [1.807, 2.05) is 0 Å². The molecule has 1 heterocycles. The Hall–Kier alpha value is -0.0800. The van der Waals surface area contributed by atoms with E-state index in [1.165, 1.54) is 57.8 Å². The van der Waals surface area contributed by atoms with Crippen LogP contribution in [-0.4, -0.2) is 18.8 Å². The van der Waals surface area contributed by atoms with Gasteiger partial charge in [-0.25, -0.2) is 0 Å². The Kier molecular flexibility index (Phi) is 3.72. The van der Waals surface area contributed by atoms with Gasteiger partial charge in [0.1, 0.15) is 0 Å². The Morgan fingerprint density at radius 2 is 1.82 bits per heavy atom. The summed E-state index contributed by atoms with van der Waals surface area (Å²) in [6.45, 7) is 0.990. The lowest BCUT2D eigenvalue weighted by atomic mass is 10.0. The first kappa shape index (κ1) is 12.0. The standard InChI is InChI=1S/C15H27NO/c16-14(9-3-5-11-6-4-10-17-11)15-12-7-1-2-8-13(12)15/h11-15H,1-10,16H2. The number of nitrogens with two attached hydrogens (primary N) is 1. The van der Waals surface area contributed by atoms with Crippen molar-refractivity contribution in [3.8, 4) is 0 Å². The average Bonchev–Trinajstić information content (AvgIpc) is 2.85. The summed E-state index contributed by atoms with van der Waals surface area (Å²) in [4.78, 5) is 0. The summed E-state index contributed by atoms with van der Waals surface area (Å²) in [5.74, 6) is 2.92.